The van der Waals surface area contributed by atoms with Crippen molar-refractivity contribution in [1.29, 1.82) is 0 Å². The number of rotatable bonds is 6. The number of phosphoric acid groups is 1. The lowest BCUT2D eigenvalue weighted by Gasteiger charge is -2.16. The van der Waals surface area contributed by atoms with Crippen LogP contribution in [0, 0.1) is 10.1 Å². The van der Waals surface area contributed by atoms with Crippen LogP contribution in [0.15, 0.2) is 24.3 Å². The number of hydrogen-bond acceptors (Lipinski definition) is 8. The van der Waals surface area contributed by atoms with Crippen LogP contribution >= 0.6 is 7.82 Å². The van der Waals surface area contributed by atoms with Gasteiger partial charge in [0.05, 0.1) is 11.5 Å². The van der Waals surface area contributed by atoms with Crippen molar-refractivity contribution in [3.05, 3.63) is 34.4 Å². The lowest BCUT2D eigenvalue weighted by molar-refractivity contribution is -0.384. The molecule has 1 aromatic carbocycles. The molecule has 1 aliphatic heterocycles. The van der Waals surface area contributed by atoms with Gasteiger partial charge in [-0.3, -0.25) is 14.6 Å². The van der Waals surface area contributed by atoms with Crippen LogP contribution in [-0.2, 0) is 13.8 Å². The van der Waals surface area contributed by atoms with Crippen LogP contribution in [0.1, 0.15) is 0 Å². The number of non-ortho nitro benzene ring substituents is 1. The van der Waals surface area contributed by atoms with Gasteiger partial charge in [-0.05, 0) is 12.1 Å². The molecule has 0 spiro atoms. The zero-order chi connectivity index (χ0) is 17.2. The van der Waals surface area contributed by atoms with E-state index in [1.807, 2.05) is 0 Å². The molecule has 128 valence electrons. The predicted octanol–water partition coefficient (Wildman–Crippen LogP) is -0.470. The normalized spacial score (nSPS) is 27.8. The van der Waals surface area contributed by atoms with E-state index in [0.29, 0.717) is 0 Å². The topological polar surface area (TPSA) is 169 Å². The summed E-state index contributed by atoms with van der Waals surface area (Å²) >= 11 is 0. The molecule has 11 nitrogen and oxygen atoms in total. The van der Waals surface area contributed by atoms with E-state index in [2.05, 4.69) is 4.52 Å². The van der Waals surface area contributed by atoms with Gasteiger partial charge in [-0.15, -0.1) is 0 Å². The fourth-order valence-corrected chi connectivity index (χ4v) is 2.24. The molecule has 1 aromatic rings. The maximum atomic E-state index is 10.6. The molecular weight excluding hydrogens is 337 g/mol. The average molecular weight is 351 g/mol. The highest BCUT2D eigenvalue weighted by Crippen LogP contribution is 2.37. The van der Waals surface area contributed by atoms with E-state index in [0.717, 1.165) is 0 Å². The number of phosphoric ester groups is 1. The molecular formula is C11H14NO10P. The highest BCUT2D eigenvalue weighted by molar-refractivity contribution is 7.46. The Bertz CT molecular complexity index is 601. The van der Waals surface area contributed by atoms with Gasteiger partial charge in [-0.2, -0.15) is 0 Å². The summed E-state index contributed by atoms with van der Waals surface area (Å²) in [4.78, 5) is 27.2. The van der Waals surface area contributed by atoms with E-state index < -0.39 is 44.0 Å². The van der Waals surface area contributed by atoms with Crippen LogP contribution in [0.5, 0.6) is 5.75 Å². The third-order valence-electron chi connectivity index (χ3n) is 3.03. The molecule has 0 bridgehead atoms. The van der Waals surface area contributed by atoms with Gasteiger partial charge in [0, 0.05) is 12.1 Å². The fourth-order valence-electron chi connectivity index (χ4n) is 1.90. The van der Waals surface area contributed by atoms with Crippen molar-refractivity contribution in [2.75, 3.05) is 6.61 Å². The zero-order valence-electron chi connectivity index (χ0n) is 11.5. The zero-order valence-corrected chi connectivity index (χ0v) is 12.4. The van der Waals surface area contributed by atoms with Gasteiger partial charge in [-0.1, -0.05) is 0 Å². The molecule has 0 radical (unpaired) electrons. The van der Waals surface area contributed by atoms with Gasteiger partial charge in [0.1, 0.15) is 24.1 Å². The first-order chi connectivity index (χ1) is 10.7. The molecule has 0 saturated carbocycles. The first-order valence-electron chi connectivity index (χ1n) is 6.30. The molecule has 1 aliphatic rings. The van der Waals surface area contributed by atoms with Crippen molar-refractivity contribution in [1.82, 2.24) is 0 Å². The van der Waals surface area contributed by atoms with Crippen LogP contribution in [-0.4, -0.2) is 56.1 Å². The molecule has 12 heteroatoms. The second-order valence-corrected chi connectivity index (χ2v) is 5.92. The molecule has 2 rings (SSSR count). The van der Waals surface area contributed by atoms with E-state index in [1.54, 1.807) is 0 Å². The van der Waals surface area contributed by atoms with Crippen molar-refractivity contribution in [3.8, 4) is 5.75 Å². The molecule has 23 heavy (non-hydrogen) atoms. The van der Waals surface area contributed by atoms with Gasteiger partial charge in [-0.25, -0.2) is 4.57 Å². The summed E-state index contributed by atoms with van der Waals surface area (Å²) < 4.78 is 25.2. The summed E-state index contributed by atoms with van der Waals surface area (Å²) in [7, 11) is -4.74. The Kier molecular flexibility index (Phi) is 5.32. The summed E-state index contributed by atoms with van der Waals surface area (Å²) in [6.45, 7) is -0.650. The largest absolute Gasteiger partial charge is 0.469 e. The maximum absolute atomic E-state index is 10.6. The van der Waals surface area contributed by atoms with E-state index in [-0.39, 0.29) is 11.4 Å². The molecule has 1 heterocycles. The molecule has 4 atom stereocenters. The van der Waals surface area contributed by atoms with E-state index in [1.165, 1.54) is 24.3 Å². The number of benzene rings is 1. The molecule has 0 amide bonds. The summed E-state index contributed by atoms with van der Waals surface area (Å²) in [5.41, 5.74) is -0.154. The average Bonchev–Trinajstić information content (AvgIpc) is 2.73. The van der Waals surface area contributed by atoms with Crippen molar-refractivity contribution in [3.63, 3.8) is 0 Å². The molecule has 0 unspecified atom stereocenters. The Labute approximate surface area is 129 Å². The molecule has 0 aromatic heterocycles. The summed E-state index contributed by atoms with van der Waals surface area (Å²) in [6.07, 6.45) is -5.50. The molecule has 1 fully saturated rings. The minimum atomic E-state index is -4.74. The summed E-state index contributed by atoms with van der Waals surface area (Å²) in [6, 6.07) is 4.92. The van der Waals surface area contributed by atoms with Crippen LogP contribution in [0.3, 0.4) is 0 Å². The minimum absolute atomic E-state index is 0.142. The number of hydrogen-bond donors (Lipinski definition) is 4. The van der Waals surface area contributed by atoms with E-state index in [9.17, 15) is 24.9 Å². The van der Waals surface area contributed by atoms with Gasteiger partial charge >= 0.3 is 7.82 Å². The highest BCUT2D eigenvalue weighted by Gasteiger charge is 2.45. The Balaban J connectivity index is 1.97. The van der Waals surface area contributed by atoms with Crippen LogP contribution in [0.25, 0.3) is 0 Å². The van der Waals surface area contributed by atoms with Gasteiger partial charge in [0.25, 0.3) is 5.69 Å². The number of aliphatic hydroxyl groups is 2. The fraction of sp³-hybridized carbons (Fsp3) is 0.455. The maximum Gasteiger partial charge on any atom is 0.469 e. The lowest BCUT2D eigenvalue weighted by Crippen LogP contribution is -2.35. The first-order valence-corrected chi connectivity index (χ1v) is 7.83. The monoisotopic (exact) mass is 351 g/mol. The van der Waals surface area contributed by atoms with Crippen molar-refractivity contribution in [2.45, 2.75) is 24.6 Å². The lowest BCUT2D eigenvalue weighted by atomic mass is 10.1. The van der Waals surface area contributed by atoms with Crippen molar-refractivity contribution in [2.24, 2.45) is 0 Å². The first kappa shape index (κ1) is 17.8. The van der Waals surface area contributed by atoms with E-state index >= 15 is 0 Å². The van der Waals surface area contributed by atoms with E-state index in [4.69, 9.17) is 19.3 Å². The minimum Gasteiger partial charge on any atom is -0.462 e. The number of nitro groups is 1. The number of nitrogens with zero attached hydrogens (tertiary/aromatic N) is 1. The SMILES string of the molecule is O=[N+]([O-])c1ccc(O[C@@H]2O[C@H](COP(=O)(O)O)[C@@H](O)[C@H]2O)cc1. The second kappa shape index (κ2) is 6.89. The van der Waals surface area contributed by atoms with Crippen molar-refractivity contribution < 1.29 is 43.5 Å². The van der Waals surface area contributed by atoms with Gasteiger partial charge in [0.15, 0.2) is 0 Å². The summed E-state index contributed by atoms with van der Waals surface area (Å²) in [5, 5.41) is 30.1. The Morgan fingerprint density at radius 2 is 1.83 bits per heavy atom. The molecule has 0 aliphatic carbocycles. The van der Waals surface area contributed by atoms with Crippen LogP contribution < -0.4 is 4.74 Å². The third-order valence-corrected chi connectivity index (χ3v) is 3.51. The number of aliphatic hydroxyl groups excluding tert-OH is 2. The Morgan fingerprint density at radius 1 is 1.22 bits per heavy atom. The third kappa shape index (κ3) is 4.69. The van der Waals surface area contributed by atoms with Gasteiger partial charge in [0.2, 0.25) is 6.29 Å². The standard InChI is InChI=1S/C11H14NO10P/c13-9-8(5-20-23(17,18)19)22-11(10(9)14)21-7-3-1-6(2-4-7)12(15)16/h1-4,8-11,13-14H,5H2,(H2,17,18,19)/t8-,9-,10-,11-/m1/s1. The van der Waals surface area contributed by atoms with Crippen LogP contribution in [0.4, 0.5) is 5.69 Å². The smallest absolute Gasteiger partial charge is 0.462 e. The molecule has 4 N–H and O–H groups in total. The number of ether oxygens (including phenoxy) is 2. The molecule has 1 saturated heterocycles. The van der Waals surface area contributed by atoms with Crippen molar-refractivity contribution >= 4 is 13.5 Å². The quantitative estimate of drug-likeness (QED) is 0.298. The Hall–Kier alpha value is -1.59. The second-order valence-electron chi connectivity index (χ2n) is 4.68. The summed E-state index contributed by atoms with van der Waals surface area (Å²) in [5.74, 6) is 0.142. The van der Waals surface area contributed by atoms with Gasteiger partial charge < -0.3 is 29.5 Å². The number of nitro benzene ring substituents is 1. The Morgan fingerprint density at radius 3 is 2.35 bits per heavy atom. The highest BCUT2D eigenvalue weighted by atomic mass is 31.2. The predicted molar refractivity (Wildman–Crippen MR) is 72.4 cm³/mol. The van der Waals surface area contributed by atoms with Crippen LogP contribution in [0.2, 0.25) is 0 Å².